The molecule has 0 fully saturated rings. The monoisotopic (exact) mass is 286 g/mol. The molecular formula is C18H19FO2. The summed E-state index contributed by atoms with van der Waals surface area (Å²) in [6.45, 7) is 3.71. The molecule has 21 heavy (non-hydrogen) atoms. The summed E-state index contributed by atoms with van der Waals surface area (Å²) in [5.41, 5.74) is 1.48. The Hall–Kier alpha value is -2.16. The standard InChI is InChI=1S/C18H19FO2/c1-3-13-7-9-14(10-8-13)12-18(2,17(20)21)15-5-4-6-16(19)11-15/h4-11H,3,12H2,1-2H3,(H,20,21). The summed E-state index contributed by atoms with van der Waals surface area (Å²) in [5.74, 6) is -1.37. The Kier molecular flexibility index (Phi) is 4.41. The number of carboxylic acid groups (broad SMARTS) is 1. The average Bonchev–Trinajstić information content (AvgIpc) is 2.47. The van der Waals surface area contributed by atoms with Gasteiger partial charge in [-0.2, -0.15) is 0 Å². The minimum absolute atomic E-state index is 0.329. The van der Waals surface area contributed by atoms with Crippen molar-refractivity contribution in [1.82, 2.24) is 0 Å². The van der Waals surface area contributed by atoms with Crippen LogP contribution in [0.4, 0.5) is 4.39 Å². The molecule has 0 aliphatic heterocycles. The first kappa shape index (κ1) is 15.2. The van der Waals surface area contributed by atoms with Crippen LogP contribution in [-0.4, -0.2) is 11.1 Å². The molecule has 1 unspecified atom stereocenters. The lowest BCUT2D eigenvalue weighted by molar-refractivity contribution is -0.143. The molecule has 0 amide bonds. The van der Waals surface area contributed by atoms with Gasteiger partial charge in [0.15, 0.2) is 0 Å². The summed E-state index contributed by atoms with van der Waals surface area (Å²) >= 11 is 0. The summed E-state index contributed by atoms with van der Waals surface area (Å²) in [6.07, 6.45) is 1.27. The van der Waals surface area contributed by atoms with Crippen molar-refractivity contribution < 1.29 is 14.3 Å². The van der Waals surface area contributed by atoms with E-state index in [0.717, 1.165) is 12.0 Å². The van der Waals surface area contributed by atoms with Crippen molar-refractivity contribution in [2.45, 2.75) is 32.1 Å². The van der Waals surface area contributed by atoms with Gasteiger partial charge in [0.25, 0.3) is 0 Å². The molecule has 0 aromatic heterocycles. The van der Waals surface area contributed by atoms with E-state index >= 15 is 0 Å². The van der Waals surface area contributed by atoms with Crippen molar-refractivity contribution in [2.24, 2.45) is 0 Å². The number of carbonyl (C=O) groups is 1. The fraction of sp³-hybridized carbons (Fsp3) is 0.278. The van der Waals surface area contributed by atoms with Gasteiger partial charge in [0, 0.05) is 0 Å². The summed E-state index contributed by atoms with van der Waals surface area (Å²) < 4.78 is 13.4. The number of aryl methyl sites for hydroxylation is 1. The van der Waals surface area contributed by atoms with Crippen molar-refractivity contribution >= 4 is 5.97 Å². The third kappa shape index (κ3) is 3.30. The van der Waals surface area contributed by atoms with E-state index in [0.29, 0.717) is 12.0 Å². The number of benzene rings is 2. The van der Waals surface area contributed by atoms with Gasteiger partial charge in [-0.25, -0.2) is 4.39 Å². The van der Waals surface area contributed by atoms with Crippen molar-refractivity contribution in [3.8, 4) is 0 Å². The molecule has 1 N–H and O–H groups in total. The molecule has 3 heteroatoms. The second-order valence-corrected chi connectivity index (χ2v) is 5.49. The molecule has 1 atom stereocenters. The summed E-state index contributed by atoms with van der Waals surface area (Å²) in [4.78, 5) is 11.7. The van der Waals surface area contributed by atoms with E-state index in [-0.39, 0.29) is 0 Å². The first-order valence-electron chi connectivity index (χ1n) is 7.03. The highest BCUT2D eigenvalue weighted by atomic mass is 19.1. The van der Waals surface area contributed by atoms with Crippen LogP contribution in [0.15, 0.2) is 48.5 Å². The zero-order valence-corrected chi connectivity index (χ0v) is 12.3. The zero-order valence-electron chi connectivity index (χ0n) is 12.3. The molecule has 0 radical (unpaired) electrons. The first-order valence-corrected chi connectivity index (χ1v) is 7.03. The van der Waals surface area contributed by atoms with E-state index in [9.17, 15) is 14.3 Å². The van der Waals surface area contributed by atoms with Gasteiger partial charge >= 0.3 is 5.97 Å². The van der Waals surface area contributed by atoms with Gasteiger partial charge in [0.2, 0.25) is 0 Å². The smallest absolute Gasteiger partial charge is 0.314 e. The van der Waals surface area contributed by atoms with Crippen LogP contribution in [0.2, 0.25) is 0 Å². The Balaban J connectivity index is 2.36. The molecule has 0 aliphatic rings. The molecule has 2 nitrogen and oxygen atoms in total. The van der Waals surface area contributed by atoms with Crippen LogP contribution in [-0.2, 0) is 23.1 Å². The Morgan fingerprint density at radius 1 is 1.14 bits per heavy atom. The molecule has 0 saturated heterocycles. The molecule has 2 aromatic carbocycles. The van der Waals surface area contributed by atoms with Crippen LogP contribution in [0.5, 0.6) is 0 Å². The van der Waals surface area contributed by atoms with Crippen LogP contribution in [0, 0.1) is 5.82 Å². The summed E-state index contributed by atoms with van der Waals surface area (Å²) in [7, 11) is 0. The molecule has 0 heterocycles. The first-order chi connectivity index (χ1) is 9.95. The second kappa shape index (κ2) is 6.08. The Labute approximate surface area is 124 Å². The third-order valence-electron chi connectivity index (χ3n) is 3.92. The van der Waals surface area contributed by atoms with Gasteiger partial charge in [-0.3, -0.25) is 4.79 Å². The lowest BCUT2D eigenvalue weighted by Crippen LogP contribution is -2.35. The van der Waals surface area contributed by atoms with E-state index < -0.39 is 17.2 Å². The van der Waals surface area contributed by atoms with E-state index in [1.165, 1.54) is 17.7 Å². The molecule has 2 aromatic rings. The number of carboxylic acids is 1. The number of aliphatic carboxylic acids is 1. The topological polar surface area (TPSA) is 37.3 Å². The Bertz CT molecular complexity index is 634. The predicted molar refractivity (Wildman–Crippen MR) is 80.9 cm³/mol. The summed E-state index contributed by atoms with van der Waals surface area (Å²) in [5, 5.41) is 9.62. The number of hydrogen-bond acceptors (Lipinski definition) is 1. The molecular weight excluding hydrogens is 267 g/mol. The maximum Gasteiger partial charge on any atom is 0.314 e. The number of hydrogen-bond donors (Lipinski definition) is 1. The highest BCUT2D eigenvalue weighted by molar-refractivity contribution is 5.81. The molecule has 110 valence electrons. The number of halogens is 1. The van der Waals surface area contributed by atoms with E-state index in [1.807, 2.05) is 24.3 Å². The van der Waals surface area contributed by atoms with E-state index in [1.54, 1.807) is 19.1 Å². The maximum atomic E-state index is 13.4. The van der Waals surface area contributed by atoms with Crippen LogP contribution in [0.3, 0.4) is 0 Å². The fourth-order valence-corrected chi connectivity index (χ4v) is 2.43. The van der Waals surface area contributed by atoms with Crippen molar-refractivity contribution in [2.75, 3.05) is 0 Å². The van der Waals surface area contributed by atoms with Crippen LogP contribution >= 0.6 is 0 Å². The second-order valence-electron chi connectivity index (χ2n) is 5.49. The quantitative estimate of drug-likeness (QED) is 0.903. The SMILES string of the molecule is CCc1ccc(CC(C)(C(=O)O)c2cccc(F)c2)cc1. The van der Waals surface area contributed by atoms with Crippen LogP contribution < -0.4 is 0 Å². The van der Waals surface area contributed by atoms with Crippen molar-refractivity contribution in [3.05, 3.63) is 71.0 Å². The number of rotatable bonds is 5. The van der Waals surface area contributed by atoms with Gasteiger partial charge in [0.05, 0.1) is 5.41 Å². The normalized spacial score (nSPS) is 13.7. The largest absolute Gasteiger partial charge is 0.481 e. The van der Waals surface area contributed by atoms with E-state index in [2.05, 4.69) is 6.92 Å². The van der Waals surface area contributed by atoms with Gasteiger partial charge in [-0.15, -0.1) is 0 Å². The van der Waals surface area contributed by atoms with Crippen LogP contribution in [0.25, 0.3) is 0 Å². The van der Waals surface area contributed by atoms with Gasteiger partial charge < -0.3 is 5.11 Å². The maximum absolute atomic E-state index is 13.4. The van der Waals surface area contributed by atoms with Gasteiger partial charge in [-0.1, -0.05) is 43.3 Å². The van der Waals surface area contributed by atoms with Crippen molar-refractivity contribution in [3.63, 3.8) is 0 Å². The zero-order chi connectivity index (χ0) is 15.5. The average molecular weight is 286 g/mol. The highest BCUT2D eigenvalue weighted by Gasteiger charge is 2.35. The molecule has 0 saturated carbocycles. The fourth-order valence-electron chi connectivity index (χ4n) is 2.43. The third-order valence-corrected chi connectivity index (χ3v) is 3.92. The Morgan fingerprint density at radius 3 is 2.29 bits per heavy atom. The van der Waals surface area contributed by atoms with Gasteiger partial charge in [-0.05, 0) is 48.6 Å². The molecule has 0 spiro atoms. The molecule has 2 rings (SSSR count). The van der Waals surface area contributed by atoms with Gasteiger partial charge in [0.1, 0.15) is 5.82 Å². The van der Waals surface area contributed by atoms with Crippen LogP contribution in [0.1, 0.15) is 30.5 Å². The minimum Gasteiger partial charge on any atom is -0.481 e. The molecule has 0 bridgehead atoms. The van der Waals surface area contributed by atoms with Crippen molar-refractivity contribution in [1.29, 1.82) is 0 Å². The van der Waals surface area contributed by atoms with E-state index in [4.69, 9.17) is 0 Å². The lowest BCUT2D eigenvalue weighted by atomic mass is 9.77. The Morgan fingerprint density at radius 2 is 1.76 bits per heavy atom. The predicted octanol–water partition coefficient (Wildman–Crippen LogP) is 3.97. The minimum atomic E-state index is -1.14. The highest BCUT2D eigenvalue weighted by Crippen LogP contribution is 2.29. The summed E-state index contributed by atoms with van der Waals surface area (Å²) in [6, 6.07) is 13.7. The molecule has 0 aliphatic carbocycles. The lowest BCUT2D eigenvalue weighted by Gasteiger charge is -2.25.